The van der Waals surface area contributed by atoms with Crippen molar-refractivity contribution < 1.29 is 24.2 Å². The van der Waals surface area contributed by atoms with Crippen LogP contribution in [-0.4, -0.2) is 44.0 Å². The highest BCUT2D eigenvalue weighted by Gasteiger charge is 2.20. The number of amides is 2. The summed E-state index contributed by atoms with van der Waals surface area (Å²) < 4.78 is 9.77. The van der Waals surface area contributed by atoms with Crippen molar-refractivity contribution in [3.05, 3.63) is 23.2 Å². The Morgan fingerprint density at radius 2 is 2.10 bits per heavy atom. The van der Waals surface area contributed by atoms with Crippen LogP contribution in [0.25, 0.3) is 0 Å². The Hall–Kier alpha value is -1.99. The van der Waals surface area contributed by atoms with Crippen LogP contribution in [0.15, 0.2) is 18.2 Å². The van der Waals surface area contributed by atoms with Crippen LogP contribution in [0.4, 0.5) is 10.5 Å². The summed E-state index contributed by atoms with van der Waals surface area (Å²) in [7, 11) is 2.78. The predicted octanol–water partition coefficient (Wildman–Crippen LogP) is 1.57. The van der Waals surface area contributed by atoms with Crippen molar-refractivity contribution in [3.63, 3.8) is 0 Å². The lowest BCUT2D eigenvalue weighted by Crippen LogP contribution is -2.45. The molecule has 0 bridgehead atoms. The molecule has 8 heteroatoms. The highest BCUT2D eigenvalue weighted by molar-refractivity contribution is 6.31. The van der Waals surface area contributed by atoms with Gasteiger partial charge in [-0.3, -0.25) is 0 Å². The minimum atomic E-state index is -1.19. The fourth-order valence-corrected chi connectivity index (χ4v) is 1.61. The molecule has 0 radical (unpaired) electrons. The summed E-state index contributed by atoms with van der Waals surface area (Å²) in [6.07, 6.45) is 0. The fraction of sp³-hybridized carbons (Fsp3) is 0.333. The van der Waals surface area contributed by atoms with Gasteiger partial charge < -0.3 is 25.2 Å². The second-order valence-corrected chi connectivity index (χ2v) is 4.23. The molecule has 0 aliphatic heterocycles. The number of benzene rings is 1. The summed E-state index contributed by atoms with van der Waals surface area (Å²) in [6.45, 7) is -0.143. The zero-order chi connectivity index (χ0) is 15.1. The number of anilines is 1. The first-order valence-electron chi connectivity index (χ1n) is 5.60. The predicted molar refractivity (Wildman–Crippen MR) is 73.5 cm³/mol. The van der Waals surface area contributed by atoms with Crippen LogP contribution in [0, 0.1) is 0 Å². The van der Waals surface area contributed by atoms with Gasteiger partial charge >= 0.3 is 12.0 Å². The average Bonchev–Trinajstić information content (AvgIpc) is 2.38. The minimum absolute atomic E-state index is 0.143. The lowest BCUT2D eigenvalue weighted by Gasteiger charge is -2.15. The first kappa shape index (κ1) is 16.1. The molecule has 0 spiro atoms. The van der Waals surface area contributed by atoms with Crippen LogP contribution in [0.5, 0.6) is 5.75 Å². The van der Waals surface area contributed by atoms with Crippen molar-refractivity contribution in [2.75, 3.05) is 26.1 Å². The molecule has 1 unspecified atom stereocenters. The molecule has 1 rings (SSSR count). The molecule has 0 heterocycles. The molecule has 1 atom stereocenters. The third-order valence-electron chi connectivity index (χ3n) is 2.35. The van der Waals surface area contributed by atoms with E-state index in [-0.39, 0.29) is 6.61 Å². The number of hydrogen-bond donors (Lipinski definition) is 3. The Balaban J connectivity index is 2.75. The van der Waals surface area contributed by atoms with Crippen molar-refractivity contribution >= 4 is 29.3 Å². The van der Waals surface area contributed by atoms with Gasteiger partial charge in [0.25, 0.3) is 0 Å². The minimum Gasteiger partial charge on any atom is -0.495 e. The third kappa shape index (κ3) is 4.60. The van der Waals surface area contributed by atoms with E-state index in [9.17, 15) is 9.59 Å². The molecule has 0 fully saturated rings. The molecule has 0 aliphatic rings. The molecular formula is C12H15ClN2O5. The summed E-state index contributed by atoms with van der Waals surface area (Å²) in [5, 5.41) is 14.0. The Morgan fingerprint density at radius 3 is 2.65 bits per heavy atom. The normalized spacial score (nSPS) is 11.6. The molecule has 20 heavy (non-hydrogen) atoms. The number of carbonyl (C=O) groups is 2. The number of rotatable bonds is 6. The summed E-state index contributed by atoms with van der Waals surface area (Å²) in [6, 6.07) is 2.84. The van der Waals surface area contributed by atoms with E-state index in [0.29, 0.717) is 16.5 Å². The van der Waals surface area contributed by atoms with Gasteiger partial charge in [-0.2, -0.15) is 0 Å². The zero-order valence-corrected chi connectivity index (χ0v) is 11.7. The number of hydrogen-bond acceptors (Lipinski definition) is 4. The quantitative estimate of drug-likeness (QED) is 0.741. The summed E-state index contributed by atoms with van der Waals surface area (Å²) >= 11 is 5.82. The second-order valence-electron chi connectivity index (χ2n) is 3.79. The van der Waals surface area contributed by atoms with Crippen LogP contribution in [0.3, 0.4) is 0 Å². The SMILES string of the molecule is COCC(NC(=O)Nc1cc(Cl)ccc1OC)C(=O)O. The Morgan fingerprint density at radius 1 is 1.40 bits per heavy atom. The van der Waals surface area contributed by atoms with Gasteiger partial charge in [0.2, 0.25) is 0 Å². The number of methoxy groups -OCH3 is 2. The lowest BCUT2D eigenvalue weighted by atomic mass is 10.3. The number of nitrogens with one attached hydrogen (secondary N) is 2. The first-order chi connectivity index (χ1) is 9.47. The van der Waals surface area contributed by atoms with Crippen LogP contribution in [-0.2, 0) is 9.53 Å². The molecule has 1 aromatic rings. The fourth-order valence-electron chi connectivity index (χ4n) is 1.44. The molecule has 110 valence electrons. The van der Waals surface area contributed by atoms with E-state index in [1.165, 1.54) is 20.3 Å². The molecule has 1 aromatic carbocycles. The topological polar surface area (TPSA) is 96.9 Å². The maximum atomic E-state index is 11.7. The van der Waals surface area contributed by atoms with Crippen molar-refractivity contribution in [2.24, 2.45) is 0 Å². The van der Waals surface area contributed by atoms with Gasteiger partial charge in [-0.1, -0.05) is 11.6 Å². The maximum Gasteiger partial charge on any atom is 0.328 e. The Kier molecular flexibility index (Phi) is 6.08. The molecule has 3 N–H and O–H groups in total. The number of halogens is 1. The van der Waals surface area contributed by atoms with E-state index in [0.717, 1.165) is 0 Å². The van der Waals surface area contributed by atoms with Gasteiger partial charge in [-0.05, 0) is 18.2 Å². The van der Waals surface area contributed by atoms with Gasteiger partial charge in [0.1, 0.15) is 5.75 Å². The van der Waals surface area contributed by atoms with Crippen LogP contribution in [0.2, 0.25) is 5.02 Å². The van der Waals surface area contributed by atoms with Crippen molar-refractivity contribution in [1.29, 1.82) is 0 Å². The summed E-state index contributed by atoms with van der Waals surface area (Å²) in [5.41, 5.74) is 0.332. The smallest absolute Gasteiger partial charge is 0.328 e. The molecule has 0 aromatic heterocycles. The molecule has 0 saturated carbocycles. The lowest BCUT2D eigenvalue weighted by molar-refractivity contribution is -0.140. The van der Waals surface area contributed by atoms with Crippen molar-refractivity contribution in [1.82, 2.24) is 5.32 Å². The zero-order valence-electron chi connectivity index (χ0n) is 11.0. The monoisotopic (exact) mass is 302 g/mol. The highest BCUT2D eigenvalue weighted by Crippen LogP contribution is 2.27. The van der Waals surface area contributed by atoms with Gasteiger partial charge in [0.15, 0.2) is 6.04 Å². The molecule has 0 saturated heterocycles. The van der Waals surface area contributed by atoms with Crippen LogP contribution < -0.4 is 15.4 Å². The van der Waals surface area contributed by atoms with E-state index in [1.807, 2.05) is 0 Å². The molecular weight excluding hydrogens is 288 g/mol. The van der Waals surface area contributed by atoms with Crippen molar-refractivity contribution in [3.8, 4) is 5.75 Å². The number of urea groups is 1. The Bertz CT molecular complexity index is 495. The standard InChI is InChI=1S/C12H15ClN2O5/c1-19-6-9(11(16)17)15-12(18)14-8-5-7(13)3-4-10(8)20-2/h3-5,9H,6H2,1-2H3,(H,16,17)(H2,14,15,18). The van der Waals surface area contributed by atoms with Crippen molar-refractivity contribution in [2.45, 2.75) is 6.04 Å². The number of carboxylic acid groups (broad SMARTS) is 1. The molecule has 7 nitrogen and oxygen atoms in total. The van der Waals surface area contributed by atoms with Gasteiger partial charge in [-0.15, -0.1) is 0 Å². The largest absolute Gasteiger partial charge is 0.495 e. The van der Waals surface area contributed by atoms with E-state index >= 15 is 0 Å². The van der Waals surface area contributed by atoms with E-state index in [4.69, 9.17) is 26.2 Å². The highest BCUT2D eigenvalue weighted by atomic mass is 35.5. The molecule has 2 amide bonds. The summed E-state index contributed by atoms with van der Waals surface area (Å²) in [4.78, 5) is 22.6. The number of carbonyl (C=O) groups excluding carboxylic acids is 1. The summed E-state index contributed by atoms with van der Waals surface area (Å²) in [5.74, 6) is -0.789. The van der Waals surface area contributed by atoms with Crippen LogP contribution >= 0.6 is 11.6 Å². The van der Waals surface area contributed by atoms with Gasteiger partial charge in [-0.25, -0.2) is 9.59 Å². The maximum absolute atomic E-state index is 11.7. The number of ether oxygens (including phenoxy) is 2. The molecule has 0 aliphatic carbocycles. The van der Waals surface area contributed by atoms with Gasteiger partial charge in [0.05, 0.1) is 19.4 Å². The Labute approximate surface area is 120 Å². The van der Waals surface area contributed by atoms with Gasteiger partial charge in [0, 0.05) is 12.1 Å². The van der Waals surface area contributed by atoms with E-state index < -0.39 is 18.0 Å². The third-order valence-corrected chi connectivity index (χ3v) is 2.58. The average molecular weight is 303 g/mol. The first-order valence-corrected chi connectivity index (χ1v) is 5.98. The number of aliphatic carboxylic acids is 1. The van der Waals surface area contributed by atoms with Crippen LogP contribution in [0.1, 0.15) is 0 Å². The van der Waals surface area contributed by atoms with E-state index in [2.05, 4.69) is 10.6 Å². The second kappa shape index (κ2) is 7.56. The number of carboxylic acids is 1. The van der Waals surface area contributed by atoms with E-state index in [1.54, 1.807) is 12.1 Å².